The Morgan fingerprint density at radius 1 is 1.25 bits per heavy atom. The van der Waals surface area contributed by atoms with Crippen LogP contribution in [0.15, 0.2) is 24.3 Å². The topological polar surface area (TPSA) is 81.6 Å². The van der Waals surface area contributed by atoms with E-state index in [9.17, 15) is 0 Å². The van der Waals surface area contributed by atoms with Crippen LogP contribution < -0.4 is 11.1 Å². The Hall–Kier alpha value is -2.15. The highest BCUT2D eigenvalue weighted by Gasteiger charge is 2.12. The van der Waals surface area contributed by atoms with Gasteiger partial charge in [-0.1, -0.05) is 37.3 Å². The first-order valence-corrected chi connectivity index (χ1v) is 7.42. The maximum absolute atomic E-state index is 5.84. The molecule has 0 saturated heterocycles. The highest BCUT2D eigenvalue weighted by atomic mass is 32.1. The van der Waals surface area contributed by atoms with Crippen molar-refractivity contribution >= 4 is 33.5 Å². The van der Waals surface area contributed by atoms with Crippen LogP contribution in [0.3, 0.4) is 0 Å². The predicted octanol–water partition coefficient (Wildman–Crippen LogP) is 2.92. The van der Waals surface area contributed by atoms with Crippen LogP contribution in [-0.2, 0) is 0 Å². The van der Waals surface area contributed by atoms with Gasteiger partial charge in [-0.25, -0.2) is 4.98 Å². The molecule has 2 aromatic heterocycles. The van der Waals surface area contributed by atoms with Crippen LogP contribution in [0.1, 0.15) is 20.8 Å². The summed E-state index contributed by atoms with van der Waals surface area (Å²) in [6.07, 6.45) is 0. The Labute approximate surface area is 121 Å². The van der Waals surface area contributed by atoms with Crippen LogP contribution in [-0.4, -0.2) is 26.3 Å². The van der Waals surface area contributed by atoms with Gasteiger partial charge in [-0.3, -0.25) is 0 Å². The van der Waals surface area contributed by atoms with Crippen LogP contribution >= 0.6 is 11.3 Å². The van der Waals surface area contributed by atoms with Gasteiger partial charge in [-0.15, -0.1) is 5.10 Å². The molecule has 3 rings (SSSR count). The molecule has 0 saturated carbocycles. The molecule has 0 aliphatic rings. The first kappa shape index (κ1) is 14.3. The summed E-state index contributed by atoms with van der Waals surface area (Å²) in [5, 5.41) is 8.04. The lowest BCUT2D eigenvalue weighted by molar-refractivity contribution is 0.882. The molecule has 7 heteroatoms. The molecule has 20 heavy (non-hydrogen) atoms. The fourth-order valence-electron chi connectivity index (χ4n) is 1.65. The number of fused-ring (bicyclic) bond motifs is 1. The maximum Gasteiger partial charge on any atom is 0.244 e. The van der Waals surface area contributed by atoms with E-state index in [0.29, 0.717) is 11.9 Å². The fraction of sp³-hybridized carbons (Fsp3) is 0.308. The number of anilines is 2. The van der Waals surface area contributed by atoms with Crippen molar-refractivity contribution in [1.29, 1.82) is 0 Å². The minimum Gasteiger partial charge on any atom is -0.368 e. The number of thiazole rings is 1. The molecular formula is C13H18N6S. The maximum atomic E-state index is 5.84. The minimum atomic E-state index is 0.338. The lowest BCUT2D eigenvalue weighted by Gasteiger charge is -1.94. The van der Waals surface area contributed by atoms with Crippen molar-refractivity contribution in [3.8, 4) is 5.13 Å². The molecule has 0 bridgehead atoms. The molecule has 2 heterocycles. The van der Waals surface area contributed by atoms with E-state index in [1.54, 1.807) is 4.68 Å². The smallest absolute Gasteiger partial charge is 0.244 e. The molecule has 106 valence electrons. The third-order valence-corrected chi connectivity index (χ3v) is 3.44. The Morgan fingerprint density at radius 2 is 2.00 bits per heavy atom. The van der Waals surface area contributed by atoms with Gasteiger partial charge >= 0.3 is 0 Å². The summed E-state index contributed by atoms with van der Waals surface area (Å²) in [7, 11) is 0. The second-order valence-electron chi connectivity index (χ2n) is 3.70. The molecule has 0 radical (unpaired) electrons. The number of nitrogens with one attached hydrogen (secondary N) is 1. The van der Waals surface area contributed by atoms with Gasteiger partial charge in [-0.2, -0.15) is 9.67 Å². The Kier molecular flexibility index (Phi) is 4.52. The Bertz CT molecular complexity index is 654. The number of nitrogen functional groups attached to an aromatic ring is 1. The van der Waals surface area contributed by atoms with E-state index in [1.807, 2.05) is 45.0 Å². The highest BCUT2D eigenvalue weighted by Crippen LogP contribution is 2.25. The molecule has 0 aliphatic heterocycles. The monoisotopic (exact) mass is 290 g/mol. The number of benzene rings is 1. The number of hydrogen-bond donors (Lipinski definition) is 2. The Morgan fingerprint density at radius 3 is 2.70 bits per heavy atom. The standard InChI is InChI=1S/C11H12N6S.C2H6/c1-2-13-10-15-9(12)17(16-10)11-14-7-5-3-4-6-8(7)18-11;1-2/h3-6H,2H2,1H3,(H3,12,13,15,16);1-2H3. The number of nitrogens with two attached hydrogens (primary N) is 1. The summed E-state index contributed by atoms with van der Waals surface area (Å²) in [5.74, 6) is 0.860. The Balaban J connectivity index is 0.000000704. The average Bonchev–Trinajstić information content (AvgIpc) is 3.04. The molecule has 6 nitrogen and oxygen atoms in total. The second-order valence-corrected chi connectivity index (χ2v) is 4.71. The zero-order chi connectivity index (χ0) is 14.5. The van der Waals surface area contributed by atoms with E-state index >= 15 is 0 Å². The van der Waals surface area contributed by atoms with Crippen molar-refractivity contribution in [1.82, 2.24) is 19.7 Å². The number of hydrogen-bond acceptors (Lipinski definition) is 6. The number of nitrogens with zero attached hydrogens (tertiary/aromatic N) is 4. The normalized spacial score (nSPS) is 10.2. The van der Waals surface area contributed by atoms with Gasteiger partial charge in [0.1, 0.15) is 0 Å². The first-order chi connectivity index (χ1) is 9.78. The van der Waals surface area contributed by atoms with Gasteiger partial charge in [0.05, 0.1) is 10.2 Å². The zero-order valence-corrected chi connectivity index (χ0v) is 12.6. The molecule has 0 aliphatic carbocycles. The van der Waals surface area contributed by atoms with E-state index in [0.717, 1.165) is 21.9 Å². The van der Waals surface area contributed by atoms with Gasteiger partial charge in [0.25, 0.3) is 0 Å². The highest BCUT2D eigenvalue weighted by molar-refractivity contribution is 7.20. The molecule has 0 amide bonds. The van der Waals surface area contributed by atoms with E-state index in [-0.39, 0.29) is 0 Å². The predicted molar refractivity (Wildman–Crippen MR) is 84.5 cm³/mol. The summed E-state index contributed by atoms with van der Waals surface area (Å²) in [6.45, 7) is 6.73. The van der Waals surface area contributed by atoms with Crippen molar-refractivity contribution in [2.45, 2.75) is 20.8 Å². The van der Waals surface area contributed by atoms with Gasteiger partial charge in [0.15, 0.2) is 0 Å². The summed E-state index contributed by atoms with van der Waals surface area (Å²) in [5.41, 5.74) is 6.78. The van der Waals surface area contributed by atoms with Crippen molar-refractivity contribution in [2.75, 3.05) is 17.6 Å². The van der Waals surface area contributed by atoms with Crippen LogP contribution in [0.2, 0.25) is 0 Å². The number of rotatable bonds is 3. The summed E-state index contributed by atoms with van der Waals surface area (Å²) < 4.78 is 2.66. The number of aromatic nitrogens is 4. The van der Waals surface area contributed by atoms with Crippen LogP contribution in [0.5, 0.6) is 0 Å². The molecular weight excluding hydrogens is 272 g/mol. The molecule has 0 unspecified atom stereocenters. The first-order valence-electron chi connectivity index (χ1n) is 6.60. The van der Waals surface area contributed by atoms with E-state index < -0.39 is 0 Å². The van der Waals surface area contributed by atoms with E-state index in [2.05, 4.69) is 20.4 Å². The second kappa shape index (κ2) is 6.33. The quantitative estimate of drug-likeness (QED) is 0.775. The summed E-state index contributed by atoms with van der Waals surface area (Å²) in [4.78, 5) is 8.62. The summed E-state index contributed by atoms with van der Waals surface area (Å²) in [6, 6.07) is 7.93. The lowest BCUT2D eigenvalue weighted by atomic mass is 10.3. The molecule has 0 spiro atoms. The van der Waals surface area contributed by atoms with Gasteiger partial charge in [0.2, 0.25) is 17.0 Å². The van der Waals surface area contributed by atoms with Gasteiger partial charge < -0.3 is 11.1 Å². The lowest BCUT2D eigenvalue weighted by Crippen LogP contribution is -2.02. The van der Waals surface area contributed by atoms with Gasteiger partial charge in [0, 0.05) is 6.54 Å². The van der Waals surface area contributed by atoms with Crippen molar-refractivity contribution < 1.29 is 0 Å². The van der Waals surface area contributed by atoms with Crippen molar-refractivity contribution in [2.24, 2.45) is 0 Å². The zero-order valence-electron chi connectivity index (χ0n) is 11.8. The minimum absolute atomic E-state index is 0.338. The largest absolute Gasteiger partial charge is 0.368 e. The third-order valence-electron chi connectivity index (χ3n) is 2.43. The van der Waals surface area contributed by atoms with Crippen molar-refractivity contribution in [3.05, 3.63) is 24.3 Å². The molecule has 0 fully saturated rings. The third kappa shape index (κ3) is 2.72. The molecule has 3 aromatic rings. The van der Waals surface area contributed by atoms with Crippen molar-refractivity contribution in [3.63, 3.8) is 0 Å². The van der Waals surface area contributed by atoms with Crippen LogP contribution in [0.4, 0.5) is 11.9 Å². The SMILES string of the molecule is CC.CCNc1nc(N)n(-c2nc3ccccc3s2)n1. The molecule has 3 N–H and O–H groups in total. The molecule has 1 aromatic carbocycles. The van der Waals surface area contributed by atoms with E-state index in [1.165, 1.54) is 11.3 Å². The van der Waals surface area contributed by atoms with E-state index in [4.69, 9.17) is 5.73 Å². The van der Waals surface area contributed by atoms with Gasteiger partial charge in [-0.05, 0) is 19.1 Å². The fourth-order valence-corrected chi connectivity index (χ4v) is 2.57. The van der Waals surface area contributed by atoms with Crippen LogP contribution in [0.25, 0.3) is 15.3 Å². The number of para-hydroxylation sites is 1. The molecule has 0 atom stereocenters. The average molecular weight is 290 g/mol. The summed E-state index contributed by atoms with van der Waals surface area (Å²) >= 11 is 1.54. The van der Waals surface area contributed by atoms with Crippen LogP contribution in [0, 0.1) is 0 Å².